The van der Waals surface area contributed by atoms with E-state index < -0.39 is 0 Å². The Bertz CT molecular complexity index is 94.3. The van der Waals surface area contributed by atoms with E-state index in [9.17, 15) is 0 Å². The molecule has 0 nitrogen and oxygen atoms in total. The van der Waals surface area contributed by atoms with Crippen LogP contribution in [-0.2, 0) is 10.9 Å². The molecular formula is C12H27IS. The van der Waals surface area contributed by atoms with Gasteiger partial charge in [0.2, 0.25) is 0 Å². The van der Waals surface area contributed by atoms with Gasteiger partial charge in [0.1, 0.15) is 5.75 Å². The maximum atomic E-state index is 2.35. The average Bonchev–Trinajstić information content (AvgIpc) is 2.09. The maximum Gasteiger partial charge on any atom is 0.107 e. The van der Waals surface area contributed by atoms with Crippen molar-refractivity contribution in [2.24, 2.45) is 0 Å². The molecule has 0 aromatic carbocycles. The van der Waals surface area contributed by atoms with Gasteiger partial charge in [-0.1, -0.05) is 45.4 Å². The first-order chi connectivity index (χ1) is 6.27. The molecule has 0 atom stereocenters. The summed E-state index contributed by atoms with van der Waals surface area (Å²) >= 11 is 0. The Kier molecular flexibility index (Phi) is 17.6. The first-order valence-electron chi connectivity index (χ1n) is 5.81. The molecule has 0 spiro atoms. The smallest absolute Gasteiger partial charge is 0.107 e. The molecule has 2 heteroatoms. The zero-order valence-electron chi connectivity index (χ0n) is 10.2. The summed E-state index contributed by atoms with van der Waals surface area (Å²) in [7, 11) is 0.674. The van der Waals surface area contributed by atoms with E-state index in [4.69, 9.17) is 0 Å². The fraction of sp³-hybridized carbons (Fsp3) is 1.00. The van der Waals surface area contributed by atoms with Gasteiger partial charge in [0.25, 0.3) is 0 Å². The van der Waals surface area contributed by atoms with Gasteiger partial charge in [-0.15, -0.1) is 0 Å². The van der Waals surface area contributed by atoms with Crippen LogP contribution in [0.4, 0.5) is 0 Å². The highest BCUT2D eigenvalue weighted by atomic mass is 127. The highest BCUT2D eigenvalue weighted by Gasteiger charge is 2.00. The lowest BCUT2D eigenvalue weighted by Gasteiger charge is -2.00. The van der Waals surface area contributed by atoms with Crippen LogP contribution in [0.15, 0.2) is 0 Å². The largest absolute Gasteiger partial charge is 1.00 e. The molecule has 0 unspecified atom stereocenters. The molecule has 14 heavy (non-hydrogen) atoms. The van der Waals surface area contributed by atoms with Crippen molar-refractivity contribution in [2.75, 3.05) is 18.3 Å². The summed E-state index contributed by atoms with van der Waals surface area (Å²) in [4.78, 5) is 0. The minimum atomic E-state index is 0. The number of hydrogen-bond acceptors (Lipinski definition) is 0. The van der Waals surface area contributed by atoms with Crippen molar-refractivity contribution < 1.29 is 24.0 Å². The molecule has 0 aliphatic carbocycles. The lowest BCUT2D eigenvalue weighted by molar-refractivity contribution is -0.00000306. The molecule has 0 aliphatic heterocycles. The van der Waals surface area contributed by atoms with Crippen LogP contribution in [0.3, 0.4) is 0 Å². The number of rotatable bonds is 9. The molecule has 0 rings (SSSR count). The van der Waals surface area contributed by atoms with E-state index in [1.165, 1.54) is 57.1 Å². The van der Waals surface area contributed by atoms with Crippen molar-refractivity contribution in [1.82, 2.24) is 0 Å². The summed E-state index contributed by atoms with van der Waals surface area (Å²) in [6.45, 7) is 2.28. The maximum absolute atomic E-state index is 2.35. The molecule has 0 saturated carbocycles. The minimum Gasteiger partial charge on any atom is -1.00 e. The summed E-state index contributed by atoms with van der Waals surface area (Å²) in [6.07, 6.45) is 16.3. The van der Waals surface area contributed by atoms with E-state index >= 15 is 0 Å². The third kappa shape index (κ3) is 15.5. The van der Waals surface area contributed by atoms with Gasteiger partial charge in [0.15, 0.2) is 0 Å². The highest BCUT2D eigenvalue weighted by molar-refractivity contribution is 7.95. The van der Waals surface area contributed by atoms with Crippen LogP contribution in [-0.4, -0.2) is 18.3 Å². The van der Waals surface area contributed by atoms with Crippen molar-refractivity contribution in [2.45, 2.75) is 58.3 Å². The molecule has 0 aromatic heterocycles. The third-order valence-electron chi connectivity index (χ3n) is 2.41. The number of halogens is 1. The van der Waals surface area contributed by atoms with Crippen LogP contribution in [0.2, 0.25) is 0 Å². The Balaban J connectivity index is 0. The third-order valence-corrected chi connectivity index (χ3v) is 3.51. The normalized spacial score (nSPS) is 10.3. The summed E-state index contributed by atoms with van der Waals surface area (Å²) < 4.78 is 0. The SMILES string of the molecule is CCCCCCCCCC[S+](C)C.[I-]. The molecule has 0 amide bonds. The zero-order valence-corrected chi connectivity index (χ0v) is 13.1. The van der Waals surface area contributed by atoms with E-state index in [2.05, 4.69) is 19.4 Å². The molecule has 0 radical (unpaired) electrons. The standard InChI is InChI=1S/C12H27S.HI/c1-4-5-6-7-8-9-10-11-12-13(2)3;/h4-12H2,1-3H3;1H/q+1;/p-1. The van der Waals surface area contributed by atoms with Gasteiger partial charge in [-0.05, 0) is 23.7 Å². The van der Waals surface area contributed by atoms with E-state index in [0.29, 0.717) is 10.9 Å². The number of hydrogen-bond donors (Lipinski definition) is 0. The predicted octanol–water partition coefficient (Wildman–Crippen LogP) is 1.01. The predicted molar refractivity (Wildman–Crippen MR) is 66.7 cm³/mol. The van der Waals surface area contributed by atoms with E-state index in [-0.39, 0.29) is 24.0 Å². The second-order valence-corrected chi connectivity index (χ2v) is 6.54. The first-order valence-corrected chi connectivity index (χ1v) is 8.02. The number of unbranched alkanes of at least 4 members (excludes halogenated alkanes) is 7. The average molecular weight is 330 g/mol. The topological polar surface area (TPSA) is 0 Å². The summed E-state index contributed by atoms with van der Waals surface area (Å²) in [5, 5.41) is 0. The van der Waals surface area contributed by atoms with Gasteiger partial charge in [0.05, 0.1) is 12.5 Å². The highest BCUT2D eigenvalue weighted by Crippen LogP contribution is 2.08. The summed E-state index contributed by atoms with van der Waals surface area (Å²) in [5.74, 6) is 1.45. The van der Waals surface area contributed by atoms with Crippen LogP contribution in [0.5, 0.6) is 0 Å². The molecule has 0 heterocycles. The van der Waals surface area contributed by atoms with E-state index in [0.717, 1.165) is 0 Å². The van der Waals surface area contributed by atoms with Crippen LogP contribution in [0.1, 0.15) is 58.3 Å². The minimum absolute atomic E-state index is 0. The molecule has 0 aromatic rings. The monoisotopic (exact) mass is 330 g/mol. The Hall–Kier alpha value is 1.08. The molecule has 0 fully saturated rings. The second-order valence-electron chi connectivity index (χ2n) is 4.16. The van der Waals surface area contributed by atoms with Crippen LogP contribution in [0.25, 0.3) is 0 Å². The zero-order chi connectivity index (χ0) is 9.94. The van der Waals surface area contributed by atoms with Gasteiger partial charge in [-0.3, -0.25) is 0 Å². The van der Waals surface area contributed by atoms with Gasteiger partial charge in [0, 0.05) is 0 Å². The fourth-order valence-corrected chi connectivity index (χ4v) is 2.31. The van der Waals surface area contributed by atoms with Crippen LogP contribution >= 0.6 is 0 Å². The lowest BCUT2D eigenvalue weighted by Crippen LogP contribution is -3.00. The van der Waals surface area contributed by atoms with Crippen molar-refractivity contribution >= 4 is 10.9 Å². The van der Waals surface area contributed by atoms with Crippen molar-refractivity contribution in [3.63, 3.8) is 0 Å². The molecule has 0 N–H and O–H groups in total. The van der Waals surface area contributed by atoms with Crippen molar-refractivity contribution in [3.8, 4) is 0 Å². The molecular weight excluding hydrogens is 303 g/mol. The van der Waals surface area contributed by atoms with Gasteiger partial charge in [-0.2, -0.15) is 0 Å². The molecule has 0 saturated heterocycles. The van der Waals surface area contributed by atoms with Crippen LogP contribution in [0, 0.1) is 0 Å². The fourth-order valence-electron chi connectivity index (χ4n) is 1.52. The molecule has 88 valence electrons. The van der Waals surface area contributed by atoms with Crippen molar-refractivity contribution in [1.29, 1.82) is 0 Å². The molecule has 0 aliphatic rings. The van der Waals surface area contributed by atoms with E-state index in [1.807, 2.05) is 0 Å². The van der Waals surface area contributed by atoms with Gasteiger partial charge >= 0.3 is 0 Å². The second kappa shape index (κ2) is 14.1. The van der Waals surface area contributed by atoms with E-state index in [1.54, 1.807) is 0 Å². The van der Waals surface area contributed by atoms with Gasteiger partial charge < -0.3 is 24.0 Å². The summed E-state index contributed by atoms with van der Waals surface area (Å²) in [6, 6.07) is 0. The summed E-state index contributed by atoms with van der Waals surface area (Å²) in [5.41, 5.74) is 0. The quantitative estimate of drug-likeness (QED) is 0.336. The Morgan fingerprint density at radius 3 is 1.57 bits per heavy atom. The van der Waals surface area contributed by atoms with Crippen LogP contribution < -0.4 is 24.0 Å². The lowest BCUT2D eigenvalue weighted by atomic mass is 10.1. The van der Waals surface area contributed by atoms with Gasteiger partial charge in [-0.25, -0.2) is 0 Å². The molecule has 0 bridgehead atoms. The first kappa shape index (κ1) is 17.5. The Labute approximate surface area is 111 Å². The Morgan fingerprint density at radius 2 is 1.14 bits per heavy atom. The Morgan fingerprint density at radius 1 is 0.714 bits per heavy atom. The van der Waals surface area contributed by atoms with Crippen molar-refractivity contribution in [3.05, 3.63) is 0 Å².